The number of anilines is 1. The van der Waals surface area contributed by atoms with Crippen LogP contribution in [0.4, 0.5) is 20.2 Å². The Kier molecular flexibility index (Phi) is 5.47. The number of hydrogen-bond acceptors (Lipinski definition) is 7. The molecule has 0 saturated heterocycles. The van der Waals surface area contributed by atoms with Crippen LogP contribution in [0.3, 0.4) is 0 Å². The molecule has 0 atom stereocenters. The Morgan fingerprint density at radius 2 is 2.04 bits per heavy atom. The highest BCUT2D eigenvalue weighted by Crippen LogP contribution is 2.32. The summed E-state index contributed by atoms with van der Waals surface area (Å²) in [5.74, 6) is -0.121. The maximum Gasteiger partial charge on any atom is 0.387 e. The van der Waals surface area contributed by atoms with Crippen molar-refractivity contribution in [2.24, 2.45) is 0 Å². The lowest BCUT2D eigenvalue weighted by atomic mass is 10.2. The van der Waals surface area contributed by atoms with Crippen molar-refractivity contribution in [1.82, 2.24) is 4.98 Å². The number of nitrogens with one attached hydrogen (secondary N) is 1. The van der Waals surface area contributed by atoms with Crippen molar-refractivity contribution in [2.45, 2.75) is 18.1 Å². The molecular weight excluding hydrogens is 360 g/mol. The van der Waals surface area contributed by atoms with E-state index < -0.39 is 32.0 Å². The predicted molar refractivity (Wildman–Crippen MR) is 84.4 cm³/mol. The van der Waals surface area contributed by atoms with Gasteiger partial charge in [-0.1, -0.05) is 6.07 Å². The van der Waals surface area contributed by atoms with Gasteiger partial charge in [-0.25, -0.2) is 8.42 Å². The minimum absolute atomic E-state index is 0.00244. The Morgan fingerprint density at radius 3 is 2.56 bits per heavy atom. The number of ether oxygens (including phenoxy) is 1. The molecule has 1 aromatic heterocycles. The summed E-state index contributed by atoms with van der Waals surface area (Å²) in [5.41, 5.74) is -0.175. The fourth-order valence-electron chi connectivity index (χ4n) is 2.03. The highest BCUT2D eigenvalue weighted by atomic mass is 32.2. The Hall–Kier alpha value is -2.82. The molecule has 0 spiro atoms. The van der Waals surface area contributed by atoms with E-state index in [4.69, 9.17) is 0 Å². The van der Waals surface area contributed by atoms with E-state index in [1.807, 2.05) is 0 Å². The number of nitro groups is 1. The van der Waals surface area contributed by atoms with E-state index in [2.05, 4.69) is 15.0 Å². The van der Waals surface area contributed by atoms with Crippen LogP contribution in [0, 0.1) is 10.1 Å². The molecule has 134 valence electrons. The maximum atomic E-state index is 12.1. The summed E-state index contributed by atoms with van der Waals surface area (Å²) < 4.78 is 51.7. The molecule has 0 unspecified atom stereocenters. The van der Waals surface area contributed by atoms with Crippen molar-refractivity contribution >= 4 is 21.2 Å². The standard InChI is InChI=1S/C14H13F2N3O5S/c1-25(22,23)12-4-2-3-11(13(12)19(20)21)18-7-9-5-6-10(8-17-9)24-14(15)16/h2-6,8,14,18H,7H2,1H3. The number of nitrogens with zero attached hydrogens (tertiary/aromatic N) is 2. The number of hydrogen-bond donors (Lipinski definition) is 1. The van der Waals surface area contributed by atoms with Gasteiger partial charge in [-0.15, -0.1) is 0 Å². The van der Waals surface area contributed by atoms with E-state index >= 15 is 0 Å². The minimum Gasteiger partial charge on any atom is -0.433 e. The first-order valence-electron chi connectivity index (χ1n) is 6.79. The van der Waals surface area contributed by atoms with Crippen LogP contribution >= 0.6 is 0 Å². The second kappa shape index (κ2) is 7.38. The van der Waals surface area contributed by atoms with Crippen molar-refractivity contribution in [3.63, 3.8) is 0 Å². The Bertz CT molecular complexity index is 873. The van der Waals surface area contributed by atoms with Gasteiger partial charge >= 0.3 is 12.3 Å². The van der Waals surface area contributed by atoms with Gasteiger partial charge < -0.3 is 10.1 Å². The van der Waals surface area contributed by atoms with Gasteiger partial charge in [0.15, 0.2) is 9.84 Å². The number of nitro benzene ring substituents is 1. The van der Waals surface area contributed by atoms with Crippen molar-refractivity contribution < 1.29 is 26.9 Å². The van der Waals surface area contributed by atoms with Gasteiger partial charge in [0.2, 0.25) is 0 Å². The summed E-state index contributed by atoms with van der Waals surface area (Å²) in [7, 11) is -3.79. The number of halogens is 2. The second-order valence-corrected chi connectivity index (χ2v) is 6.88. The Morgan fingerprint density at radius 1 is 1.32 bits per heavy atom. The first-order chi connectivity index (χ1) is 11.7. The molecule has 1 N–H and O–H groups in total. The molecule has 0 bridgehead atoms. The fourth-order valence-corrected chi connectivity index (χ4v) is 2.89. The molecule has 0 fully saturated rings. The molecule has 2 aromatic rings. The Balaban J connectivity index is 2.22. The number of aromatic nitrogens is 1. The van der Waals surface area contributed by atoms with Crippen molar-refractivity contribution in [1.29, 1.82) is 0 Å². The van der Waals surface area contributed by atoms with Gasteiger partial charge in [0.1, 0.15) is 16.3 Å². The predicted octanol–water partition coefficient (Wildman–Crippen LogP) is 2.61. The highest BCUT2D eigenvalue weighted by Gasteiger charge is 2.25. The van der Waals surface area contributed by atoms with E-state index in [9.17, 15) is 27.3 Å². The van der Waals surface area contributed by atoms with Crippen molar-refractivity contribution in [3.8, 4) is 5.75 Å². The number of para-hydroxylation sites is 1. The molecule has 0 radical (unpaired) electrons. The largest absolute Gasteiger partial charge is 0.433 e. The summed E-state index contributed by atoms with van der Waals surface area (Å²) in [5, 5.41) is 14.0. The monoisotopic (exact) mass is 373 g/mol. The molecule has 0 aliphatic carbocycles. The average molecular weight is 373 g/mol. The van der Waals surface area contributed by atoms with E-state index in [-0.39, 0.29) is 18.0 Å². The van der Waals surface area contributed by atoms with Crippen LogP contribution in [0.5, 0.6) is 5.75 Å². The zero-order chi connectivity index (χ0) is 18.6. The molecule has 0 aliphatic heterocycles. The zero-order valence-corrected chi connectivity index (χ0v) is 13.7. The normalized spacial score (nSPS) is 11.4. The van der Waals surface area contributed by atoms with E-state index in [1.54, 1.807) is 0 Å². The third-order valence-electron chi connectivity index (χ3n) is 3.06. The molecule has 0 amide bonds. The lowest BCUT2D eigenvalue weighted by molar-refractivity contribution is -0.386. The molecule has 2 rings (SSSR count). The lowest BCUT2D eigenvalue weighted by Crippen LogP contribution is -2.08. The van der Waals surface area contributed by atoms with Gasteiger partial charge in [0.05, 0.1) is 23.4 Å². The lowest BCUT2D eigenvalue weighted by Gasteiger charge is -2.10. The van der Waals surface area contributed by atoms with E-state index in [0.717, 1.165) is 18.5 Å². The molecule has 25 heavy (non-hydrogen) atoms. The highest BCUT2D eigenvalue weighted by molar-refractivity contribution is 7.90. The van der Waals surface area contributed by atoms with Gasteiger partial charge in [0, 0.05) is 6.26 Å². The van der Waals surface area contributed by atoms with Crippen LogP contribution in [0.2, 0.25) is 0 Å². The number of rotatable bonds is 7. The van der Waals surface area contributed by atoms with Gasteiger partial charge in [0.25, 0.3) is 0 Å². The van der Waals surface area contributed by atoms with Crippen LogP contribution in [0.25, 0.3) is 0 Å². The molecule has 0 saturated carbocycles. The molecular formula is C14H13F2N3O5S. The number of alkyl halides is 2. The van der Waals surface area contributed by atoms with Gasteiger partial charge in [-0.05, 0) is 24.3 Å². The average Bonchev–Trinajstić information content (AvgIpc) is 2.52. The SMILES string of the molecule is CS(=O)(=O)c1cccc(NCc2ccc(OC(F)F)cn2)c1[N+](=O)[O-]. The van der Waals surface area contributed by atoms with Crippen molar-refractivity contribution in [3.05, 3.63) is 52.3 Å². The number of pyridine rings is 1. The molecule has 1 aromatic carbocycles. The van der Waals surface area contributed by atoms with Gasteiger partial charge in [-0.3, -0.25) is 15.1 Å². The van der Waals surface area contributed by atoms with Crippen LogP contribution in [0.15, 0.2) is 41.4 Å². The maximum absolute atomic E-state index is 12.1. The third-order valence-corrected chi connectivity index (χ3v) is 4.19. The van der Waals surface area contributed by atoms with Crippen LogP contribution < -0.4 is 10.1 Å². The van der Waals surface area contributed by atoms with E-state index in [1.165, 1.54) is 24.3 Å². The summed E-state index contributed by atoms with van der Waals surface area (Å²) >= 11 is 0. The summed E-state index contributed by atoms with van der Waals surface area (Å²) in [4.78, 5) is 13.9. The van der Waals surface area contributed by atoms with Gasteiger partial charge in [-0.2, -0.15) is 8.78 Å². The summed E-state index contributed by atoms with van der Waals surface area (Å²) in [6.07, 6.45) is 1.97. The van der Waals surface area contributed by atoms with Crippen LogP contribution in [0.1, 0.15) is 5.69 Å². The number of sulfone groups is 1. The smallest absolute Gasteiger partial charge is 0.387 e. The topological polar surface area (TPSA) is 111 Å². The summed E-state index contributed by atoms with van der Waals surface area (Å²) in [6, 6.07) is 6.56. The molecule has 1 heterocycles. The quantitative estimate of drug-likeness (QED) is 0.586. The first kappa shape index (κ1) is 18.5. The zero-order valence-electron chi connectivity index (χ0n) is 12.8. The van der Waals surface area contributed by atoms with Crippen molar-refractivity contribution in [2.75, 3.05) is 11.6 Å². The first-order valence-corrected chi connectivity index (χ1v) is 8.68. The van der Waals surface area contributed by atoms with Crippen LogP contribution in [-0.2, 0) is 16.4 Å². The molecule has 0 aliphatic rings. The van der Waals surface area contributed by atoms with E-state index in [0.29, 0.717) is 5.69 Å². The molecule has 11 heteroatoms. The molecule has 8 nitrogen and oxygen atoms in total. The summed E-state index contributed by atoms with van der Waals surface area (Å²) in [6.45, 7) is -2.95. The fraction of sp³-hybridized carbons (Fsp3) is 0.214. The third kappa shape index (κ3) is 4.83. The minimum atomic E-state index is -3.79. The second-order valence-electron chi connectivity index (χ2n) is 4.90. The Labute approximate surface area is 141 Å². The number of benzene rings is 1. The van der Waals surface area contributed by atoms with Crippen LogP contribution in [-0.4, -0.2) is 31.2 Å².